The number of hydrogen-bond donors (Lipinski definition) is 0. The molecule has 0 N–H and O–H groups in total. The van der Waals surface area contributed by atoms with Crippen LogP contribution in [-0.4, -0.2) is 146 Å². The molecule has 0 aromatic rings. The third-order valence-corrected chi connectivity index (χ3v) is 16.4. The van der Waals surface area contributed by atoms with Crippen LogP contribution in [0.4, 0.5) is 4.79 Å². The smallest absolute Gasteiger partial charge is 0.465 e. The lowest BCUT2D eigenvalue weighted by Crippen LogP contribution is -2.29. The highest BCUT2D eigenvalue weighted by Gasteiger charge is 2.42. The Balaban J connectivity index is 2.07. The van der Waals surface area contributed by atoms with Crippen LogP contribution in [-0.2, 0) is 66.4 Å². The molecule has 2 heterocycles. The number of nitrogens with zero attached hydrogens (tertiary/aromatic N) is 1. The van der Waals surface area contributed by atoms with Crippen molar-refractivity contribution in [2.24, 2.45) is 11.8 Å². The molecule has 0 aliphatic carbocycles. The number of carbonyl (C=O) groups excluding carboxylic acids is 3. The van der Waals surface area contributed by atoms with Crippen LogP contribution in [0.2, 0.25) is 0 Å². The van der Waals surface area contributed by atoms with Gasteiger partial charge in [0.2, 0.25) is 0 Å². The molecular weight excluding hydrogens is 1110 g/mol. The third kappa shape index (κ3) is 49.0. The highest BCUT2D eigenvalue weighted by molar-refractivity contribution is 5.69. The Bertz CT molecular complexity index is 1570. The predicted octanol–water partition coefficient (Wildman–Crippen LogP) is 17.5. The molecule has 7 unspecified atom stereocenters. The van der Waals surface area contributed by atoms with Gasteiger partial charge in [0, 0.05) is 58.0 Å². The Kier molecular flexibility index (Phi) is 54.4. The van der Waals surface area contributed by atoms with E-state index in [1.165, 1.54) is 116 Å². The Morgan fingerprint density at radius 3 is 1.25 bits per heavy atom. The van der Waals surface area contributed by atoms with Gasteiger partial charge in [0.25, 0.3) is 0 Å². The van der Waals surface area contributed by atoms with Crippen molar-refractivity contribution in [3.63, 3.8) is 0 Å². The molecule has 0 aromatic carbocycles. The first-order valence-electron chi connectivity index (χ1n) is 36.2. The van der Waals surface area contributed by atoms with E-state index in [1.807, 2.05) is 0 Å². The van der Waals surface area contributed by atoms with Crippen LogP contribution >= 0.6 is 0 Å². The van der Waals surface area contributed by atoms with Gasteiger partial charge in [-0.2, -0.15) is 0 Å². The lowest BCUT2D eigenvalue weighted by Gasteiger charge is -2.23. The van der Waals surface area contributed by atoms with Gasteiger partial charge in [-0.15, -0.1) is 0 Å². The van der Waals surface area contributed by atoms with E-state index < -0.39 is 24.7 Å². The first-order chi connectivity index (χ1) is 42.7. The van der Waals surface area contributed by atoms with E-state index in [-0.39, 0.29) is 82.3 Å². The summed E-state index contributed by atoms with van der Waals surface area (Å²) in [6.45, 7) is 21.2. The zero-order chi connectivity index (χ0) is 62.9. The molecule has 0 bridgehead atoms. The lowest BCUT2D eigenvalue weighted by atomic mass is 10.1. The number of carbonyl (C=O) groups is 3. The second kappa shape index (κ2) is 58.7. The zero-order valence-corrected chi connectivity index (χ0v) is 56.9. The lowest BCUT2D eigenvalue weighted by molar-refractivity contribution is -0.167. The first-order valence-corrected chi connectivity index (χ1v) is 36.2. The van der Waals surface area contributed by atoms with Crippen LogP contribution in [0.3, 0.4) is 0 Å². The molecule has 512 valence electrons. The highest BCUT2D eigenvalue weighted by atomic mass is 16.8. The van der Waals surface area contributed by atoms with Gasteiger partial charge in [-0.3, -0.25) is 9.59 Å². The minimum atomic E-state index is -0.747. The summed E-state index contributed by atoms with van der Waals surface area (Å²) >= 11 is 0. The fourth-order valence-electron chi connectivity index (χ4n) is 10.4. The van der Waals surface area contributed by atoms with Gasteiger partial charge < -0.3 is 61.7 Å². The van der Waals surface area contributed by atoms with Crippen molar-refractivity contribution < 1.29 is 71.2 Å². The average Bonchev–Trinajstić information content (AvgIpc) is 2.69. The molecule has 7 atom stereocenters. The second-order valence-electron chi connectivity index (χ2n) is 24.6. The maximum atomic E-state index is 13.2. The molecule has 0 spiro atoms. The van der Waals surface area contributed by atoms with E-state index in [0.717, 1.165) is 116 Å². The Morgan fingerprint density at radius 2 is 0.805 bits per heavy atom. The number of unbranched alkanes of at least 4 members (excludes halogenated alkanes) is 25. The normalized spacial score (nSPS) is 17.5. The quantitative estimate of drug-likeness (QED) is 0.0140. The van der Waals surface area contributed by atoms with Crippen molar-refractivity contribution in [2.45, 2.75) is 330 Å². The Hall–Kier alpha value is -2.41. The summed E-state index contributed by atoms with van der Waals surface area (Å²) in [5, 5.41) is 0. The molecule has 16 nitrogen and oxygen atoms in total. The molecule has 0 radical (unpaired) electrons. The molecular formula is C71H133NO15. The SMILES string of the molecule is CC/C=C\CCCCCCCC(=O)OCC(COC(CCC1OC1OCC(COC(=O)CCCCCCCC)COC(=O)OCCCN(CC)CC)OCCCCCCCC)COC1OC1CCC(OCCCCCCCC)OCCCCCCCC. The molecule has 87 heavy (non-hydrogen) atoms. The van der Waals surface area contributed by atoms with Gasteiger partial charge in [-0.1, -0.05) is 208 Å². The van der Waals surface area contributed by atoms with Gasteiger partial charge in [0.1, 0.15) is 18.8 Å². The van der Waals surface area contributed by atoms with E-state index in [9.17, 15) is 14.4 Å². The molecule has 0 amide bonds. The molecule has 2 aliphatic heterocycles. The minimum absolute atomic E-state index is 0.0208. The topological polar surface area (TPSA) is 172 Å². The number of hydrogen-bond acceptors (Lipinski definition) is 16. The van der Waals surface area contributed by atoms with Crippen LogP contribution in [0.1, 0.15) is 292 Å². The van der Waals surface area contributed by atoms with Crippen molar-refractivity contribution in [1.82, 2.24) is 4.90 Å². The monoisotopic (exact) mass is 1240 g/mol. The van der Waals surface area contributed by atoms with Gasteiger partial charge in [-0.25, -0.2) is 4.79 Å². The van der Waals surface area contributed by atoms with Gasteiger partial charge in [0.05, 0.1) is 45.6 Å². The van der Waals surface area contributed by atoms with Crippen LogP contribution < -0.4 is 0 Å². The molecule has 2 rings (SSSR count). The van der Waals surface area contributed by atoms with Crippen LogP contribution in [0.15, 0.2) is 12.2 Å². The summed E-state index contributed by atoms with van der Waals surface area (Å²) in [5.74, 6) is -1.12. The van der Waals surface area contributed by atoms with Crippen LogP contribution in [0.5, 0.6) is 0 Å². The van der Waals surface area contributed by atoms with Gasteiger partial charge in [0.15, 0.2) is 25.2 Å². The van der Waals surface area contributed by atoms with E-state index >= 15 is 0 Å². The predicted molar refractivity (Wildman–Crippen MR) is 348 cm³/mol. The summed E-state index contributed by atoms with van der Waals surface area (Å²) < 4.78 is 73.0. The summed E-state index contributed by atoms with van der Waals surface area (Å²) in [6.07, 6.45) is 41.3. The van der Waals surface area contributed by atoms with Gasteiger partial charge >= 0.3 is 18.1 Å². The van der Waals surface area contributed by atoms with E-state index in [4.69, 9.17) is 56.8 Å². The number of esters is 2. The summed E-state index contributed by atoms with van der Waals surface area (Å²) in [7, 11) is 0. The zero-order valence-electron chi connectivity index (χ0n) is 56.9. The number of ether oxygens (including phenoxy) is 12. The molecule has 16 heteroatoms. The minimum Gasteiger partial charge on any atom is -0.465 e. The standard InChI is InChI=1S/C71H133NO15/c1-8-15-20-25-30-31-32-34-39-45-65(73)80-55-61(58-83-69-63(86-69)46-48-67(76-51-40-35-27-22-17-10-3)77-52-41-36-28-23-18-11-4)57-82-68(78-53-42-37-29-24-19-12-5)49-47-64-70(87-64)84-59-62(56-81-66(74)44-38-33-26-21-16-9-2)60-85-71(75)79-54-43-50-72(13-6)14-7/h15,20,61-64,67-70H,8-14,16-19,21-60H2,1-7H3/b20-15-. The highest BCUT2D eigenvalue weighted by Crippen LogP contribution is 2.31. The maximum absolute atomic E-state index is 13.2. The number of rotatable bonds is 67. The molecule has 2 fully saturated rings. The maximum Gasteiger partial charge on any atom is 0.508 e. The summed E-state index contributed by atoms with van der Waals surface area (Å²) in [6, 6.07) is 0. The number of epoxide rings is 2. The average molecular weight is 1240 g/mol. The second-order valence-corrected chi connectivity index (χ2v) is 24.6. The van der Waals surface area contributed by atoms with Crippen molar-refractivity contribution in [3.05, 3.63) is 12.2 Å². The van der Waals surface area contributed by atoms with E-state index in [2.05, 4.69) is 65.5 Å². The van der Waals surface area contributed by atoms with Crippen molar-refractivity contribution in [3.8, 4) is 0 Å². The Morgan fingerprint density at radius 1 is 0.402 bits per heavy atom. The van der Waals surface area contributed by atoms with Crippen LogP contribution in [0.25, 0.3) is 0 Å². The van der Waals surface area contributed by atoms with Crippen molar-refractivity contribution in [2.75, 3.05) is 85.7 Å². The van der Waals surface area contributed by atoms with E-state index in [1.54, 1.807) is 0 Å². The van der Waals surface area contributed by atoms with E-state index in [0.29, 0.717) is 58.5 Å². The number of allylic oxidation sites excluding steroid dienone is 2. The largest absolute Gasteiger partial charge is 0.508 e. The fourth-order valence-corrected chi connectivity index (χ4v) is 10.4. The van der Waals surface area contributed by atoms with Crippen LogP contribution in [0, 0.1) is 11.8 Å². The summed E-state index contributed by atoms with van der Waals surface area (Å²) in [5.41, 5.74) is 0. The van der Waals surface area contributed by atoms with Gasteiger partial charge in [-0.05, 0) is 83.7 Å². The molecule has 0 aromatic heterocycles. The molecule has 2 aliphatic rings. The molecule has 0 saturated carbocycles. The first kappa shape index (κ1) is 80.7. The fraction of sp³-hybridized carbons (Fsp3) is 0.930. The third-order valence-electron chi connectivity index (χ3n) is 16.4. The van der Waals surface area contributed by atoms with Crippen molar-refractivity contribution >= 4 is 18.1 Å². The molecule has 2 saturated heterocycles. The Labute approximate surface area is 531 Å². The summed E-state index contributed by atoms with van der Waals surface area (Å²) in [4.78, 5) is 40.8. The van der Waals surface area contributed by atoms with Crippen molar-refractivity contribution in [1.29, 1.82) is 0 Å².